The number of nitrogens with two attached hydrogens (primary N) is 1. The summed E-state index contributed by atoms with van der Waals surface area (Å²) in [5.41, 5.74) is 9.46. The van der Waals surface area contributed by atoms with Crippen LogP contribution in [0.4, 0.5) is 11.6 Å². The Balaban J connectivity index is 1.92. The average molecular weight is 294 g/mol. The number of anilines is 2. The van der Waals surface area contributed by atoms with Crippen molar-refractivity contribution in [2.75, 3.05) is 11.1 Å². The van der Waals surface area contributed by atoms with Gasteiger partial charge < -0.3 is 11.1 Å². The van der Waals surface area contributed by atoms with Crippen LogP contribution in [0.2, 0.25) is 0 Å². The maximum Gasteiger partial charge on any atom is 0.247 e. The van der Waals surface area contributed by atoms with Gasteiger partial charge in [0.25, 0.3) is 0 Å². The van der Waals surface area contributed by atoms with Crippen molar-refractivity contribution in [2.45, 2.75) is 19.9 Å². The summed E-state index contributed by atoms with van der Waals surface area (Å²) in [6.45, 7) is 3.78. The number of nitrogens with one attached hydrogen (secondary N) is 1. The number of carbonyl (C=O) groups is 1. The topological polar surface area (TPSA) is 72.9 Å². The monoisotopic (exact) mass is 294 g/mol. The number of hydrogen-bond donors (Lipinski definition) is 2. The fourth-order valence-electron chi connectivity index (χ4n) is 2.54. The predicted molar refractivity (Wildman–Crippen MR) is 88.7 cm³/mol. The molecule has 0 fully saturated rings. The molecule has 3 rings (SSSR count). The molecule has 0 saturated heterocycles. The van der Waals surface area contributed by atoms with E-state index < -0.39 is 6.04 Å². The highest BCUT2D eigenvalue weighted by Crippen LogP contribution is 2.24. The maximum atomic E-state index is 12.5. The number of hydrogen-bond acceptors (Lipinski definition) is 3. The van der Waals surface area contributed by atoms with Gasteiger partial charge in [0.2, 0.25) is 11.9 Å². The van der Waals surface area contributed by atoms with Gasteiger partial charge in [-0.2, -0.15) is 0 Å². The van der Waals surface area contributed by atoms with Crippen LogP contribution in [0, 0.1) is 6.92 Å². The molecule has 112 valence electrons. The number of imidazole rings is 1. The minimum absolute atomic E-state index is 0.121. The van der Waals surface area contributed by atoms with Gasteiger partial charge >= 0.3 is 0 Å². The number of nitrogens with zero attached hydrogens (tertiary/aromatic N) is 2. The van der Waals surface area contributed by atoms with Crippen molar-refractivity contribution in [1.82, 2.24) is 9.55 Å². The number of aromatic nitrogens is 2. The quantitative estimate of drug-likeness (QED) is 0.779. The van der Waals surface area contributed by atoms with Crippen molar-refractivity contribution in [2.24, 2.45) is 0 Å². The van der Waals surface area contributed by atoms with E-state index in [1.54, 1.807) is 4.57 Å². The lowest BCUT2D eigenvalue weighted by molar-refractivity contribution is -0.118. The average Bonchev–Trinajstić information content (AvgIpc) is 2.84. The van der Waals surface area contributed by atoms with E-state index in [9.17, 15) is 4.79 Å². The zero-order chi connectivity index (χ0) is 15.7. The molecule has 1 amide bonds. The fourth-order valence-corrected chi connectivity index (χ4v) is 2.54. The molecule has 0 radical (unpaired) electrons. The minimum Gasteiger partial charge on any atom is -0.369 e. The van der Waals surface area contributed by atoms with E-state index in [0.29, 0.717) is 5.95 Å². The van der Waals surface area contributed by atoms with Crippen molar-refractivity contribution in [3.63, 3.8) is 0 Å². The molecule has 5 nitrogen and oxygen atoms in total. The summed E-state index contributed by atoms with van der Waals surface area (Å²) in [5.74, 6) is 0.220. The Morgan fingerprint density at radius 3 is 2.64 bits per heavy atom. The molecular formula is C17H18N4O. The van der Waals surface area contributed by atoms with Crippen LogP contribution < -0.4 is 11.1 Å². The number of fused-ring (bicyclic) bond motifs is 1. The van der Waals surface area contributed by atoms with Gasteiger partial charge in [0.1, 0.15) is 6.04 Å². The third-order valence-corrected chi connectivity index (χ3v) is 3.79. The molecule has 0 aliphatic carbocycles. The first kappa shape index (κ1) is 14.1. The van der Waals surface area contributed by atoms with E-state index in [4.69, 9.17) is 5.73 Å². The highest BCUT2D eigenvalue weighted by molar-refractivity contribution is 5.95. The van der Waals surface area contributed by atoms with Crippen LogP contribution in [0.5, 0.6) is 0 Å². The summed E-state index contributed by atoms with van der Waals surface area (Å²) in [5, 5.41) is 2.95. The van der Waals surface area contributed by atoms with E-state index in [1.165, 1.54) is 0 Å². The normalized spacial score (nSPS) is 12.3. The van der Waals surface area contributed by atoms with Crippen LogP contribution in [0.1, 0.15) is 18.5 Å². The summed E-state index contributed by atoms with van der Waals surface area (Å²) in [6, 6.07) is 14.8. The Bertz CT molecular complexity index is 838. The van der Waals surface area contributed by atoms with E-state index in [1.807, 2.05) is 62.4 Å². The van der Waals surface area contributed by atoms with Crippen LogP contribution in [-0.2, 0) is 4.79 Å². The molecule has 1 heterocycles. The van der Waals surface area contributed by atoms with Gasteiger partial charge in [-0.1, -0.05) is 30.3 Å². The summed E-state index contributed by atoms with van der Waals surface area (Å²) >= 11 is 0. The molecule has 22 heavy (non-hydrogen) atoms. The lowest BCUT2D eigenvalue weighted by atomic mass is 10.2. The maximum absolute atomic E-state index is 12.5. The lowest BCUT2D eigenvalue weighted by Gasteiger charge is -2.17. The molecule has 2 aromatic carbocycles. The Labute approximate surface area is 128 Å². The molecule has 0 saturated carbocycles. The second-order valence-electron chi connectivity index (χ2n) is 5.31. The molecule has 3 aromatic rings. The van der Waals surface area contributed by atoms with E-state index in [-0.39, 0.29) is 5.91 Å². The van der Waals surface area contributed by atoms with Gasteiger partial charge in [0.15, 0.2) is 0 Å². The zero-order valence-electron chi connectivity index (χ0n) is 12.6. The molecule has 3 N–H and O–H groups in total. The van der Waals surface area contributed by atoms with Crippen LogP contribution in [0.25, 0.3) is 11.0 Å². The Morgan fingerprint density at radius 2 is 1.86 bits per heavy atom. The third kappa shape index (κ3) is 2.41. The van der Waals surface area contributed by atoms with Gasteiger partial charge in [0, 0.05) is 5.69 Å². The van der Waals surface area contributed by atoms with Crippen LogP contribution in [-0.4, -0.2) is 15.5 Å². The predicted octanol–water partition coefficient (Wildman–Crippen LogP) is 3.13. The fraction of sp³-hybridized carbons (Fsp3) is 0.176. The molecule has 0 aliphatic heterocycles. The van der Waals surface area contributed by atoms with Crippen LogP contribution >= 0.6 is 0 Å². The van der Waals surface area contributed by atoms with Gasteiger partial charge in [-0.15, -0.1) is 0 Å². The third-order valence-electron chi connectivity index (χ3n) is 3.79. The number of nitrogen functional groups attached to an aromatic ring is 1. The number of carbonyl (C=O) groups excluding carboxylic acids is 1. The molecule has 5 heteroatoms. The standard InChI is InChI=1S/C17H18N4O/c1-11-7-3-4-8-13(11)19-16(22)12(2)21-15-10-6-5-9-14(15)20-17(21)18/h3-10,12H,1-2H3,(H2,18,20)(H,19,22). The first-order valence-electron chi connectivity index (χ1n) is 7.17. The molecule has 1 unspecified atom stereocenters. The van der Waals surface area contributed by atoms with Gasteiger partial charge in [-0.3, -0.25) is 9.36 Å². The Morgan fingerprint density at radius 1 is 1.18 bits per heavy atom. The minimum atomic E-state index is -0.452. The SMILES string of the molecule is Cc1ccccc1NC(=O)C(C)n1c(N)nc2ccccc21. The molecule has 1 atom stereocenters. The second-order valence-corrected chi connectivity index (χ2v) is 5.31. The van der Waals surface area contributed by atoms with Crippen molar-refractivity contribution in [3.05, 3.63) is 54.1 Å². The van der Waals surface area contributed by atoms with Crippen LogP contribution in [0.3, 0.4) is 0 Å². The van der Waals surface area contributed by atoms with E-state index in [2.05, 4.69) is 10.3 Å². The highest BCUT2D eigenvalue weighted by Gasteiger charge is 2.20. The van der Waals surface area contributed by atoms with E-state index >= 15 is 0 Å². The van der Waals surface area contributed by atoms with Gasteiger partial charge in [-0.25, -0.2) is 4.98 Å². The van der Waals surface area contributed by atoms with Crippen molar-refractivity contribution in [1.29, 1.82) is 0 Å². The van der Waals surface area contributed by atoms with E-state index in [0.717, 1.165) is 22.3 Å². The number of para-hydroxylation sites is 3. The number of rotatable bonds is 3. The second kappa shape index (κ2) is 5.52. The Kier molecular flexibility index (Phi) is 3.55. The number of benzene rings is 2. The van der Waals surface area contributed by atoms with Crippen molar-refractivity contribution >= 4 is 28.6 Å². The van der Waals surface area contributed by atoms with Crippen LogP contribution in [0.15, 0.2) is 48.5 Å². The number of aryl methyl sites for hydroxylation is 1. The summed E-state index contributed by atoms with van der Waals surface area (Å²) in [4.78, 5) is 16.8. The smallest absolute Gasteiger partial charge is 0.247 e. The molecule has 0 bridgehead atoms. The summed E-state index contributed by atoms with van der Waals surface area (Å²) in [6.07, 6.45) is 0. The van der Waals surface area contributed by atoms with Gasteiger partial charge in [0.05, 0.1) is 11.0 Å². The summed E-state index contributed by atoms with van der Waals surface area (Å²) < 4.78 is 1.75. The van der Waals surface area contributed by atoms with Gasteiger partial charge in [-0.05, 0) is 37.6 Å². The lowest BCUT2D eigenvalue weighted by Crippen LogP contribution is -2.25. The summed E-state index contributed by atoms with van der Waals surface area (Å²) in [7, 11) is 0. The molecular weight excluding hydrogens is 276 g/mol. The first-order valence-corrected chi connectivity index (χ1v) is 7.17. The van der Waals surface area contributed by atoms with Crippen molar-refractivity contribution in [3.8, 4) is 0 Å². The first-order chi connectivity index (χ1) is 10.6. The molecule has 0 aliphatic rings. The largest absolute Gasteiger partial charge is 0.369 e. The highest BCUT2D eigenvalue weighted by atomic mass is 16.2. The molecule has 1 aromatic heterocycles. The molecule has 0 spiro atoms. The Hall–Kier alpha value is -2.82. The number of amides is 1. The van der Waals surface area contributed by atoms with Crippen molar-refractivity contribution < 1.29 is 4.79 Å². The zero-order valence-corrected chi connectivity index (χ0v) is 12.6.